The predicted octanol–water partition coefficient (Wildman–Crippen LogP) is 3.64. The number of para-hydroxylation sites is 1. The molecule has 0 radical (unpaired) electrons. The summed E-state index contributed by atoms with van der Waals surface area (Å²) in [5, 5.41) is 8.18. The fraction of sp³-hybridized carbons (Fsp3) is 0. The summed E-state index contributed by atoms with van der Waals surface area (Å²) in [6, 6.07) is 18.9. The summed E-state index contributed by atoms with van der Waals surface area (Å²) in [6.07, 6.45) is 1.93. The molecular weight excluding hydrogens is 208 g/mol. The quantitative estimate of drug-likeness (QED) is 0.440. The third-order valence-electron chi connectivity index (χ3n) is 3.23. The van der Waals surface area contributed by atoms with E-state index in [0.29, 0.717) is 0 Å². The SMILES string of the molecule is c1ccc2c(c1)cnn1c3ccccc3cc21. The number of rotatable bonds is 0. The highest BCUT2D eigenvalue weighted by Crippen LogP contribution is 2.25. The molecule has 0 spiro atoms. The van der Waals surface area contributed by atoms with Gasteiger partial charge >= 0.3 is 0 Å². The molecule has 2 nitrogen and oxygen atoms in total. The Morgan fingerprint density at radius 1 is 0.765 bits per heavy atom. The van der Waals surface area contributed by atoms with E-state index in [1.165, 1.54) is 21.7 Å². The molecule has 4 aromatic rings. The van der Waals surface area contributed by atoms with Crippen molar-refractivity contribution in [2.24, 2.45) is 0 Å². The zero-order valence-electron chi connectivity index (χ0n) is 9.17. The molecule has 0 amide bonds. The van der Waals surface area contributed by atoms with Gasteiger partial charge in [-0.25, -0.2) is 4.52 Å². The van der Waals surface area contributed by atoms with Gasteiger partial charge in [0.05, 0.1) is 17.2 Å². The van der Waals surface area contributed by atoms with E-state index in [1.807, 2.05) is 22.8 Å². The van der Waals surface area contributed by atoms with Crippen LogP contribution in [0.5, 0.6) is 0 Å². The Morgan fingerprint density at radius 2 is 1.53 bits per heavy atom. The summed E-state index contributed by atoms with van der Waals surface area (Å²) in [5.74, 6) is 0. The molecule has 0 atom stereocenters. The van der Waals surface area contributed by atoms with Crippen LogP contribution in [0.25, 0.3) is 27.2 Å². The normalized spacial score (nSPS) is 11.5. The molecule has 2 aromatic heterocycles. The number of hydrogen-bond donors (Lipinski definition) is 0. The van der Waals surface area contributed by atoms with Crippen LogP contribution in [-0.4, -0.2) is 9.61 Å². The Hall–Kier alpha value is -2.35. The zero-order valence-corrected chi connectivity index (χ0v) is 9.17. The van der Waals surface area contributed by atoms with Crippen LogP contribution in [-0.2, 0) is 0 Å². The lowest BCUT2D eigenvalue weighted by atomic mass is 10.2. The van der Waals surface area contributed by atoms with Gasteiger partial charge in [0.1, 0.15) is 0 Å². The van der Waals surface area contributed by atoms with Crippen molar-refractivity contribution >= 4 is 27.2 Å². The predicted molar refractivity (Wildman–Crippen MR) is 70.2 cm³/mol. The Labute approximate surface area is 98.1 Å². The van der Waals surface area contributed by atoms with Gasteiger partial charge in [0.2, 0.25) is 0 Å². The maximum absolute atomic E-state index is 4.51. The molecule has 0 bridgehead atoms. The smallest absolute Gasteiger partial charge is 0.0738 e. The first kappa shape index (κ1) is 8.76. The molecule has 2 heteroatoms. The summed E-state index contributed by atoms with van der Waals surface area (Å²) in [6.45, 7) is 0. The summed E-state index contributed by atoms with van der Waals surface area (Å²) in [7, 11) is 0. The van der Waals surface area contributed by atoms with Crippen molar-refractivity contribution in [1.29, 1.82) is 0 Å². The molecule has 0 aliphatic carbocycles. The highest BCUT2D eigenvalue weighted by atomic mass is 15.2. The van der Waals surface area contributed by atoms with Crippen molar-refractivity contribution in [3.63, 3.8) is 0 Å². The zero-order chi connectivity index (χ0) is 11.2. The summed E-state index contributed by atoms with van der Waals surface area (Å²) in [4.78, 5) is 0. The minimum Gasteiger partial charge on any atom is -0.232 e. The second-order valence-corrected chi connectivity index (χ2v) is 4.23. The van der Waals surface area contributed by atoms with E-state index in [-0.39, 0.29) is 0 Å². The average molecular weight is 218 g/mol. The molecule has 0 fully saturated rings. The van der Waals surface area contributed by atoms with Gasteiger partial charge in [-0.1, -0.05) is 42.5 Å². The van der Waals surface area contributed by atoms with E-state index >= 15 is 0 Å². The second kappa shape index (κ2) is 3.08. The molecule has 2 aromatic carbocycles. The number of benzene rings is 2. The molecule has 0 unspecified atom stereocenters. The lowest BCUT2D eigenvalue weighted by Crippen LogP contribution is -1.90. The van der Waals surface area contributed by atoms with Gasteiger partial charge in [0.25, 0.3) is 0 Å². The standard InChI is InChI=1S/C15H10N2/c1-3-7-13-12(6-1)10-16-17-14-8-4-2-5-11(14)9-15(13)17/h1-10H. The summed E-state index contributed by atoms with van der Waals surface area (Å²) in [5.41, 5.74) is 2.33. The third kappa shape index (κ3) is 1.12. The van der Waals surface area contributed by atoms with Crippen LogP contribution in [0.15, 0.2) is 60.8 Å². The highest BCUT2D eigenvalue weighted by molar-refractivity contribution is 6.01. The third-order valence-corrected chi connectivity index (χ3v) is 3.23. The van der Waals surface area contributed by atoms with E-state index in [0.717, 1.165) is 5.52 Å². The second-order valence-electron chi connectivity index (χ2n) is 4.23. The first-order valence-corrected chi connectivity index (χ1v) is 5.68. The van der Waals surface area contributed by atoms with Crippen molar-refractivity contribution in [2.75, 3.05) is 0 Å². The molecule has 80 valence electrons. The number of fused-ring (bicyclic) bond motifs is 5. The minimum absolute atomic E-state index is 1.16. The fourth-order valence-electron chi connectivity index (χ4n) is 2.42. The molecule has 0 aliphatic rings. The van der Waals surface area contributed by atoms with Gasteiger partial charge in [-0.15, -0.1) is 0 Å². The van der Waals surface area contributed by atoms with Crippen molar-refractivity contribution in [3.8, 4) is 0 Å². The van der Waals surface area contributed by atoms with E-state index in [2.05, 4.69) is 47.6 Å². The van der Waals surface area contributed by atoms with Gasteiger partial charge in [-0.2, -0.15) is 5.10 Å². The first-order valence-electron chi connectivity index (χ1n) is 5.68. The maximum atomic E-state index is 4.51. The highest BCUT2D eigenvalue weighted by Gasteiger charge is 2.05. The molecule has 0 saturated heterocycles. The van der Waals surface area contributed by atoms with E-state index in [9.17, 15) is 0 Å². The summed E-state index contributed by atoms with van der Waals surface area (Å²) < 4.78 is 2.01. The van der Waals surface area contributed by atoms with Crippen LogP contribution >= 0.6 is 0 Å². The van der Waals surface area contributed by atoms with Gasteiger partial charge < -0.3 is 0 Å². The van der Waals surface area contributed by atoms with E-state index < -0.39 is 0 Å². The van der Waals surface area contributed by atoms with Crippen LogP contribution < -0.4 is 0 Å². The first-order chi connectivity index (χ1) is 8.43. The molecule has 0 saturated carbocycles. The van der Waals surface area contributed by atoms with Crippen molar-refractivity contribution in [3.05, 3.63) is 60.8 Å². The Kier molecular flexibility index (Phi) is 1.59. The molecule has 2 heterocycles. The van der Waals surface area contributed by atoms with Crippen LogP contribution in [0.3, 0.4) is 0 Å². The van der Waals surface area contributed by atoms with Gasteiger partial charge in [0, 0.05) is 16.2 Å². The van der Waals surface area contributed by atoms with Crippen LogP contribution in [0.2, 0.25) is 0 Å². The minimum atomic E-state index is 1.16. The fourth-order valence-corrected chi connectivity index (χ4v) is 2.42. The largest absolute Gasteiger partial charge is 0.232 e. The van der Waals surface area contributed by atoms with Gasteiger partial charge in [0.15, 0.2) is 0 Å². The Bertz CT molecular complexity index is 843. The van der Waals surface area contributed by atoms with Crippen LogP contribution in [0, 0.1) is 0 Å². The lowest BCUT2D eigenvalue weighted by Gasteiger charge is -2.00. The van der Waals surface area contributed by atoms with Crippen LogP contribution in [0.4, 0.5) is 0 Å². The summed E-state index contributed by atoms with van der Waals surface area (Å²) >= 11 is 0. The van der Waals surface area contributed by atoms with Gasteiger partial charge in [-0.3, -0.25) is 0 Å². The number of hydrogen-bond acceptors (Lipinski definition) is 1. The topological polar surface area (TPSA) is 17.3 Å². The average Bonchev–Trinajstić information content (AvgIpc) is 2.78. The monoisotopic (exact) mass is 218 g/mol. The van der Waals surface area contributed by atoms with E-state index in [4.69, 9.17) is 0 Å². The van der Waals surface area contributed by atoms with E-state index in [1.54, 1.807) is 0 Å². The molecule has 0 N–H and O–H groups in total. The Morgan fingerprint density at radius 3 is 2.47 bits per heavy atom. The molecular formula is C15H10N2. The van der Waals surface area contributed by atoms with Gasteiger partial charge in [-0.05, 0) is 12.1 Å². The number of nitrogens with zero attached hydrogens (tertiary/aromatic N) is 2. The molecule has 4 rings (SSSR count). The molecule has 0 aliphatic heterocycles. The number of aromatic nitrogens is 2. The van der Waals surface area contributed by atoms with Crippen molar-refractivity contribution in [1.82, 2.24) is 9.61 Å². The van der Waals surface area contributed by atoms with Crippen molar-refractivity contribution < 1.29 is 0 Å². The van der Waals surface area contributed by atoms with Crippen molar-refractivity contribution in [2.45, 2.75) is 0 Å². The maximum Gasteiger partial charge on any atom is 0.0738 e. The van der Waals surface area contributed by atoms with Crippen LogP contribution in [0.1, 0.15) is 0 Å². The lowest BCUT2D eigenvalue weighted by molar-refractivity contribution is 0.987. The Balaban J connectivity index is 2.34. The molecule has 17 heavy (non-hydrogen) atoms.